The summed E-state index contributed by atoms with van der Waals surface area (Å²) in [5.74, 6) is -0.103. The monoisotopic (exact) mass is 338 g/mol. The van der Waals surface area contributed by atoms with E-state index in [1.807, 2.05) is 6.92 Å². The summed E-state index contributed by atoms with van der Waals surface area (Å²) in [7, 11) is 0. The third-order valence-corrected chi connectivity index (χ3v) is 4.15. The van der Waals surface area contributed by atoms with Gasteiger partial charge in [0, 0.05) is 18.4 Å². The molecule has 1 aliphatic heterocycles. The lowest BCUT2D eigenvalue weighted by atomic mass is 10.0. The molecule has 0 radical (unpaired) electrons. The standard InChI is InChI=1S/C17H17F3N2O2/c1-11-14(6-7-21-11)16(23)22-8-9-24-15(10-22)12-2-4-13(5-3-12)17(18,19)20/h2-7,15,21H,8-10H2,1H3/t15-/m1/s1. The number of carbonyl (C=O) groups is 1. The van der Waals surface area contributed by atoms with Crippen molar-refractivity contribution in [2.75, 3.05) is 19.7 Å². The highest BCUT2D eigenvalue weighted by Crippen LogP contribution is 2.31. The molecule has 1 atom stereocenters. The summed E-state index contributed by atoms with van der Waals surface area (Å²) in [5.41, 5.74) is 1.32. The van der Waals surface area contributed by atoms with Gasteiger partial charge in [0.2, 0.25) is 0 Å². The largest absolute Gasteiger partial charge is 0.416 e. The predicted octanol–water partition coefficient (Wildman–Crippen LogP) is 3.56. The van der Waals surface area contributed by atoms with E-state index >= 15 is 0 Å². The molecule has 0 unspecified atom stereocenters. The molecule has 1 aliphatic rings. The number of halogens is 3. The maximum Gasteiger partial charge on any atom is 0.416 e. The van der Waals surface area contributed by atoms with Crippen LogP contribution in [0.4, 0.5) is 13.2 Å². The molecule has 1 fully saturated rings. The second kappa shape index (κ2) is 6.32. The van der Waals surface area contributed by atoms with E-state index < -0.39 is 17.8 Å². The molecule has 0 bridgehead atoms. The Bertz CT molecular complexity index is 722. The minimum Gasteiger partial charge on any atom is -0.370 e. The Labute approximate surface area is 137 Å². The lowest BCUT2D eigenvalue weighted by molar-refractivity contribution is -0.137. The molecule has 3 rings (SSSR count). The minimum absolute atomic E-state index is 0.103. The maximum atomic E-state index is 12.6. The Morgan fingerprint density at radius 3 is 2.54 bits per heavy atom. The van der Waals surface area contributed by atoms with E-state index in [1.165, 1.54) is 12.1 Å². The molecule has 2 aromatic rings. The Morgan fingerprint density at radius 1 is 1.25 bits per heavy atom. The van der Waals surface area contributed by atoms with Gasteiger partial charge in [0.15, 0.2) is 0 Å². The number of benzene rings is 1. The first-order valence-electron chi connectivity index (χ1n) is 7.58. The first kappa shape index (κ1) is 16.6. The van der Waals surface area contributed by atoms with E-state index in [0.29, 0.717) is 30.8 Å². The molecule has 2 heterocycles. The quantitative estimate of drug-likeness (QED) is 0.910. The van der Waals surface area contributed by atoms with Crippen LogP contribution in [0.5, 0.6) is 0 Å². The van der Waals surface area contributed by atoms with Gasteiger partial charge in [0.05, 0.1) is 24.3 Å². The fourth-order valence-electron chi connectivity index (χ4n) is 2.78. The molecule has 1 aromatic heterocycles. The fourth-order valence-corrected chi connectivity index (χ4v) is 2.78. The number of morpholine rings is 1. The highest BCUT2D eigenvalue weighted by molar-refractivity contribution is 5.95. The van der Waals surface area contributed by atoms with Crippen molar-refractivity contribution in [2.24, 2.45) is 0 Å². The topological polar surface area (TPSA) is 45.3 Å². The van der Waals surface area contributed by atoms with Crippen LogP contribution in [0.15, 0.2) is 36.5 Å². The van der Waals surface area contributed by atoms with Crippen molar-refractivity contribution in [1.82, 2.24) is 9.88 Å². The average Bonchev–Trinajstić information content (AvgIpc) is 3.00. The van der Waals surface area contributed by atoms with Crippen LogP contribution in [0.3, 0.4) is 0 Å². The highest BCUT2D eigenvalue weighted by Gasteiger charge is 2.31. The number of hydrogen-bond acceptors (Lipinski definition) is 2. The average molecular weight is 338 g/mol. The summed E-state index contributed by atoms with van der Waals surface area (Å²) in [6, 6.07) is 6.61. The number of alkyl halides is 3. The number of nitrogens with zero attached hydrogens (tertiary/aromatic N) is 1. The second-order valence-electron chi connectivity index (χ2n) is 5.75. The number of carbonyl (C=O) groups excluding carboxylic acids is 1. The Kier molecular flexibility index (Phi) is 4.36. The summed E-state index contributed by atoms with van der Waals surface area (Å²) in [6.07, 6.45) is -3.08. The van der Waals surface area contributed by atoms with E-state index in [-0.39, 0.29) is 5.91 Å². The van der Waals surface area contributed by atoms with E-state index in [0.717, 1.165) is 17.8 Å². The van der Waals surface area contributed by atoms with Crippen LogP contribution >= 0.6 is 0 Å². The number of aryl methyl sites for hydroxylation is 1. The maximum absolute atomic E-state index is 12.6. The number of ether oxygens (including phenoxy) is 1. The van der Waals surface area contributed by atoms with Crippen LogP contribution in [0.1, 0.15) is 33.3 Å². The van der Waals surface area contributed by atoms with Gasteiger partial charge >= 0.3 is 6.18 Å². The van der Waals surface area contributed by atoms with Gasteiger partial charge in [-0.15, -0.1) is 0 Å². The Hall–Kier alpha value is -2.28. The van der Waals surface area contributed by atoms with Gasteiger partial charge in [0.1, 0.15) is 6.10 Å². The molecule has 24 heavy (non-hydrogen) atoms. The van der Waals surface area contributed by atoms with Crippen molar-refractivity contribution >= 4 is 5.91 Å². The van der Waals surface area contributed by atoms with Gasteiger partial charge < -0.3 is 14.6 Å². The summed E-state index contributed by atoms with van der Waals surface area (Å²) >= 11 is 0. The van der Waals surface area contributed by atoms with Gasteiger partial charge in [-0.05, 0) is 30.7 Å². The molecule has 1 saturated heterocycles. The summed E-state index contributed by atoms with van der Waals surface area (Å²) in [5, 5.41) is 0. The fraction of sp³-hybridized carbons (Fsp3) is 0.353. The van der Waals surface area contributed by atoms with Crippen molar-refractivity contribution in [1.29, 1.82) is 0 Å². The van der Waals surface area contributed by atoms with Crippen molar-refractivity contribution in [3.63, 3.8) is 0 Å². The number of H-pyrrole nitrogens is 1. The molecule has 0 aliphatic carbocycles. The van der Waals surface area contributed by atoms with Gasteiger partial charge in [-0.3, -0.25) is 4.79 Å². The van der Waals surface area contributed by atoms with Gasteiger partial charge in [0.25, 0.3) is 5.91 Å². The lowest BCUT2D eigenvalue weighted by Gasteiger charge is -2.33. The smallest absolute Gasteiger partial charge is 0.370 e. The summed E-state index contributed by atoms with van der Waals surface area (Å²) in [6.45, 7) is 2.94. The van der Waals surface area contributed by atoms with Gasteiger partial charge in [-0.25, -0.2) is 0 Å². The number of hydrogen-bond donors (Lipinski definition) is 1. The Morgan fingerprint density at radius 2 is 1.96 bits per heavy atom. The molecule has 0 spiro atoms. The first-order valence-corrected chi connectivity index (χ1v) is 7.58. The van der Waals surface area contributed by atoms with E-state index in [9.17, 15) is 18.0 Å². The molecule has 128 valence electrons. The highest BCUT2D eigenvalue weighted by atomic mass is 19.4. The van der Waals surface area contributed by atoms with Crippen molar-refractivity contribution in [2.45, 2.75) is 19.2 Å². The number of rotatable bonds is 2. The molecule has 1 N–H and O–H groups in total. The van der Waals surface area contributed by atoms with Crippen molar-refractivity contribution < 1.29 is 22.7 Å². The number of amides is 1. The zero-order chi connectivity index (χ0) is 17.3. The zero-order valence-corrected chi connectivity index (χ0v) is 13.1. The lowest BCUT2D eigenvalue weighted by Crippen LogP contribution is -2.42. The van der Waals surface area contributed by atoms with Crippen molar-refractivity contribution in [3.8, 4) is 0 Å². The summed E-state index contributed by atoms with van der Waals surface area (Å²) in [4.78, 5) is 17.2. The molecule has 0 saturated carbocycles. The normalized spacial score (nSPS) is 18.7. The number of aromatic nitrogens is 1. The Balaban J connectivity index is 1.74. The molecule has 7 heteroatoms. The van der Waals surface area contributed by atoms with Crippen LogP contribution in [0.2, 0.25) is 0 Å². The molecule has 1 aromatic carbocycles. The third kappa shape index (κ3) is 3.31. The van der Waals surface area contributed by atoms with E-state index in [1.54, 1.807) is 17.2 Å². The van der Waals surface area contributed by atoms with Crippen molar-refractivity contribution in [3.05, 3.63) is 58.9 Å². The van der Waals surface area contributed by atoms with Crippen LogP contribution in [-0.4, -0.2) is 35.5 Å². The molecule has 4 nitrogen and oxygen atoms in total. The minimum atomic E-state index is -4.36. The SMILES string of the molecule is Cc1[nH]ccc1C(=O)N1CCO[C@@H](c2ccc(C(F)(F)F)cc2)C1. The van der Waals surface area contributed by atoms with Crippen LogP contribution in [0.25, 0.3) is 0 Å². The van der Waals surface area contributed by atoms with Crippen LogP contribution in [0, 0.1) is 6.92 Å². The van der Waals surface area contributed by atoms with Crippen LogP contribution in [-0.2, 0) is 10.9 Å². The van der Waals surface area contributed by atoms with E-state index in [2.05, 4.69) is 4.98 Å². The molecular formula is C17H17F3N2O2. The predicted molar refractivity (Wildman–Crippen MR) is 81.6 cm³/mol. The molecular weight excluding hydrogens is 321 g/mol. The van der Waals surface area contributed by atoms with E-state index in [4.69, 9.17) is 4.74 Å². The molecule has 1 amide bonds. The van der Waals surface area contributed by atoms with Gasteiger partial charge in [-0.1, -0.05) is 12.1 Å². The van der Waals surface area contributed by atoms with Crippen LogP contribution < -0.4 is 0 Å². The zero-order valence-electron chi connectivity index (χ0n) is 13.1. The second-order valence-corrected chi connectivity index (χ2v) is 5.75. The third-order valence-electron chi connectivity index (χ3n) is 4.15. The first-order chi connectivity index (χ1) is 11.4. The summed E-state index contributed by atoms with van der Waals surface area (Å²) < 4.78 is 43.5. The number of aromatic amines is 1. The number of nitrogens with one attached hydrogen (secondary N) is 1. The van der Waals surface area contributed by atoms with Gasteiger partial charge in [-0.2, -0.15) is 13.2 Å².